The third-order valence-corrected chi connectivity index (χ3v) is 5.55. The molecule has 0 saturated carbocycles. The van der Waals surface area contributed by atoms with Crippen molar-refractivity contribution >= 4 is 23.5 Å². The molecule has 1 amide bonds. The maximum atomic E-state index is 13.7. The molecule has 0 aliphatic heterocycles. The summed E-state index contributed by atoms with van der Waals surface area (Å²) in [4.78, 5) is 38.6. The van der Waals surface area contributed by atoms with Gasteiger partial charge in [0.1, 0.15) is 12.1 Å². The largest absolute Gasteiger partial charge is 0.480 e. The Balaban J connectivity index is 2.44. The second-order valence-corrected chi connectivity index (χ2v) is 9.04. The Bertz CT molecular complexity index is 941. The predicted octanol–water partition coefficient (Wildman–Crippen LogP) is 4.27. The molecule has 0 aromatic heterocycles. The zero-order valence-corrected chi connectivity index (χ0v) is 19.9. The molecule has 3 atom stereocenters. The highest BCUT2D eigenvalue weighted by atomic mass is 16.4. The van der Waals surface area contributed by atoms with Crippen molar-refractivity contribution in [3.63, 3.8) is 0 Å². The molecule has 2 aromatic carbocycles. The topological polar surface area (TPSA) is 107 Å². The number of carbonyl (C=O) groups is 3. The second kappa shape index (κ2) is 11.6. The van der Waals surface area contributed by atoms with Crippen LogP contribution in [0.3, 0.4) is 0 Å². The molecule has 2 rings (SSSR count). The van der Waals surface area contributed by atoms with Gasteiger partial charge in [-0.1, -0.05) is 70.2 Å². The fourth-order valence-corrected chi connectivity index (χ4v) is 3.74. The Kier molecular flexibility index (Phi) is 9.17. The van der Waals surface area contributed by atoms with E-state index < -0.39 is 36.0 Å². The molecule has 0 spiro atoms. The molecule has 0 unspecified atom stereocenters. The number of aliphatic carboxylic acids is 2. The normalized spacial score (nSPS) is 14.0. The summed E-state index contributed by atoms with van der Waals surface area (Å²) in [6.07, 6.45) is 0.375. The summed E-state index contributed by atoms with van der Waals surface area (Å²) >= 11 is 0. The third-order valence-electron chi connectivity index (χ3n) is 5.55. The van der Waals surface area contributed by atoms with Crippen molar-refractivity contribution in [1.29, 1.82) is 0 Å². The summed E-state index contributed by atoms with van der Waals surface area (Å²) in [6, 6.07) is 14.0. The third kappa shape index (κ3) is 6.89. The number of carboxylic acid groups (broad SMARTS) is 2. The van der Waals surface area contributed by atoms with Crippen LogP contribution in [-0.4, -0.2) is 46.2 Å². The van der Waals surface area contributed by atoms with Gasteiger partial charge in [-0.15, -0.1) is 0 Å². The first kappa shape index (κ1) is 26.1. The van der Waals surface area contributed by atoms with E-state index in [1.807, 2.05) is 56.3 Å². The van der Waals surface area contributed by atoms with Crippen LogP contribution in [0, 0.1) is 11.8 Å². The van der Waals surface area contributed by atoms with E-state index in [1.54, 1.807) is 26.0 Å². The maximum Gasteiger partial charge on any atom is 0.326 e. The van der Waals surface area contributed by atoms with Gasteiger partial charge in [-0.05, 0) is 48.4 Å². The molecule has 0 aliphatic carbocycles. The Morgan fingerprint density at radius 2 is 1.36 bits per heavy atom. The number of benzene rings is 2. The van der Waals surface area contributed by atoms with Crippen molar-refractivity contribution in [3.8, 4) is 11.1 Å². The molecule has 7 nitrogen and oxygen atoms in total. The number of carboxylic acids is 2. The van der Waals surface area contributed by atoms with Crippen molar-refractivity contribution in [3.05, 3.63) is 54.6 Å². The standard InChI is InChI=1S/C26H34N2O5/c1-16(2)15-22(27-23(17(3)4)26(32)33)24(29)28(18(5)25(30)31)21-13-11-20(12-14-21)19-9-7-6-8-10-19/h6-14,16-18,22-23,27H,15H2,1-5H3,(H,30,31)(H,32,33)/t18-,22-,23-/m0/s1. The lowest BCUT2D eigenvalue weighted by Gasteiger charge is -2.33. The highest BCUT2D eigenvalue weighted by Gasteiger charge is 2.35. The number of hydrogen-bond donors (Lipinski definition) is 3. The summed E-state index contributed by atoms with van der Waals surface area (Å²) in [6.45, 7) is 8.86. The molecule has 0 heterocycles. The monoisotopic (exact) mass is 454 g/mol. The summed E-state index contributed by atoms with van der Waals surface area (Å²) in [5.41, 5.74) is 2.40. The number of carbonyl (C=O) groups excluding carboxylic acids is 1. The molecule has 0 fully saturated rings. The molecule has 7 heteroatoms. The zero-order chi connectivity index (χ0) is 24.7. The van der Waals surface area contributed by atoms with Gasteiger partial charge in [0, 0.05) is 5.69 Å². The van der Waals surface area contributed by atoms with E-state index in [0.717, 1.165) is 11.1 Å². The first-order valence-electron chi connectivity index (χ1n) is 11.2. The van der Waals surface area contributed by atoms with Gasteiger partial charge in [0.25, 0.3) is 0 Å². The van der Waals surface area contributed by atoms with E-state index in [2.05, 4.69) is 5.32 Å². The number of anilines is 1. The average Bonchev–Trinajstić information content (AvgIpc) is 2.76. The zero-order valence-electron chi connectivity index (χ0n) is 19.9. The van der Waals surface area contributed by atoms with Crippen LogP contribution in [0.2, 0.25) is 0 Å². The second-order valence-electron chi connectivity index (χ2n) is 9.04. The molecule has 0 bridgehead atoms. The molecule has 0 radical (unpaired) electrons. The number of rotatable bonds is 11. The molecular weight excluding hydrogens is 420 g/mol. The van der Waals surface area contributed by atoms with Crippen LogP contribution in [-0.2, 0) is 14.4 Å². The minimum atomic E-state index is -1.14. The Morgan fingerprint density at radius 1 is 0.818 bits per heavy atom. The minimum absolute atomic E-state index is 0.0931. The lowest BCUT2D eigenvalue weighted by atomic mass is 9.97. The fraction of sp³-hybridized carbons (Fsp3) is 0.423. The molecular formula is C26H34N2O5. The van der Waals surface area contributed by atoms with Crippen LogP contribution in [0.15, 0.2) is 54.6 Å². The van der Waals surface area contributed by atoms with Gasteiger partial charge in [0.05, 0.1) is 6.04 Å². The van der Waals surface area contributed by atoms with E-state index in [9.17, 15) is 24.6 Å². The van der Waals surface area contributed by atoms with Crippen LogP contribution in [0.4, 0.5) is 5.69 Å². The minimum Gasteiger partial charge on any atom is -0.480 e. The maximum absolute atomic E-state index is 13.7. The van der Waals surface area contributed by atoms with E-state index in [4.69, 9.17) is 0 Å². The molecule has 178 valence electrons. The van der Waals surface area contributed by atoms with Gasteiger partial charge < -0.3 is 10.2 Å². The van der Waals surface area contributed by atoms with Crippen molar-refractivity contribution in [2.45, 2.75) is 59.2 Å². The van der Waals surface area contributed by atoms with Crippen LogP contribution in [0.25, 0.3) is 11.1 Å². The van der Waals surface area contributed by atoms with Crippen molar-refractivity contribution in [2.75, 3.05) is 4.90 Å². The molecule has 3 N–H and O–H groups in total. The summed E-state index contributed by atoms with van der Waals surface area (Å²) < 4.78 is 0. The van der Waals surface area contributed by atoms with E-state index in [-0.39, 0.29) is 11.8 Å². The van der Waals surface area contributed by atoms with Gasteiger partial charge in [-0.3, -0.25) is 19.8 Å². The van der Waals surface area contributed by atoms with Gasteiger partial charge in [0.15, 0.2) is 0 Å². The van der Waals surface area contributed by atoms with E-state index >= 15 is 0 Å². The SMILES string of the molecule is CC(C)C[C@H](N[C@H](C(=O)O)C(C)C)C(=O)N(c1ccc(-c2ccccc2)cc1)[C@@H](C)C(=O)O. The lowest BCUT2D eigenvalue weighted by molar-refractivity contribution is -0.142. The summed E-state index contributed by atoms with van der Waals surface area (Å²) in [7, 11) is 0. The van der Waals surface area contributed by atoms with Crippen molar-refractivity contribution in [2.24, 2.45) is 11.8 Å². The summed E-state index contributed by atoms with van der Waals surface area (Å²) in [5.74, 6) is -2.80. The van der Waals surface area contributed by atoms with Gasteiger partial charge in [-0.25, -0.2) is 4.79 Å². The fourth-order valence-electron chi connectivity index (χ4n) is 3.74. The lowest BCUT2D eigenvalue weighted by Crippen LogP contribution is -2.57. The molecule has 33 heavy (non-hydrogen) atoms. The quantitative estimate of drug-likeness (QED) is 0.468. The van der Waals surface area contributed by atoms with Crippen LogP contribution >= 0.6 is 0 Å². The van der Waals surface area contributed by atoms with Crippen LogP contribution in [0.1, 0.15) is 41.0 Å². The van der Waals surface area contributed by atoms with Gasteiger partial charge in [-0.2, -0.15) is 0 Å². The predicted molar refractivity (Wildman–Crippen MR) is 129 cm³/mol. The van der Waals surface area contributed by atoms with Crippen molar-refractivity contribution < 1.29 is 24.6 Å². The smallest absolute Gasteiger partial charge is 0.326 e. The van der Waals surface area contributed by atoms with Crippen LogP contribution < -0.4 is 10.2 Å². The average molecular weight is 455 g/mol. The number of amides is 1. The molecule has 2 aromatic rings. The first-order chi connectivity index (χ1) is 15.5. The van der Waals surface area contributed by atoms with E-state index in [1.165, 1.54) is 11.8 Å². The number of hydrogen-bond acceptors (Lipinski definition) is 4. The Hall–Kier alpha value is -3.19. The van der Waals surface area contributed by atoms with E-state index in [0.29, 0.717) is 12.1 Å². The highest BCUT2D eigenvalue weighted by molar-refractivity contribution is 6.02. The number of nitrogens with zero attached hydrogens (tertiary/aromatic N) is 1. The number of nitrogens with one attached hydrogen (secondary N) is 1. The van der Waals surface area contributed by atoms with Crippen LogP contribution in [0.5, 0.6) is 0 Å². The first-order valence-corrected chi connectivity index (χ1v) is 11.2. The Morgan fingerprint density at radius 3 is 1.82 bits per heavy atom. The molecule has 0 saturated heterocycles. The van der Waals surface area contributed by atoms with Crippen molar-refractivity contribution in [1.82, 2.24) is 5.32 Å². The summed E-state index contributed by atoms with van der Waals surface area (Å²) in [5, 5.41) is 22.3. The van der Waals surface area contributed by atoms with Gasteiger partial charge >= 0.3 is 11.9 Å². The molecule has 0 aliphatic rings. The van der Waals surface area contributed by atoms with Gasteiger partial charge in [0.2, 0.25) is 5.91 Å². The Labute approximate surface area is 195 Å². The highest BCUT2D eigenvalue weighted by Crippen LogP contribution is 2.26.